The molecule has 26 heavy (non-hydrogen) atoms. The topological polar surface area (TPSA) is 27.0 Å². The average Bonchev–Trinajstić information content (AvgIpc) is 3.21. The molecular weight excluding hydrogens is 340 g/mol. The monoisotopic (exact) mass is 358 g/mol. The fourth-order valence-electron chi connectivity index (χ4n) is 3.67. The summed E-state index contributed by atoms with van der Waals surface area (Å²) in [6.07, 6.45) is 4.44. The van der Waals surface area contributed by atoms with Gasteiger partial charge in [-0.3, -0.25) is 0 Å². The van der Waals surface area contributed by atoms with E-state index < -0.39 is 0 Å². The Bertz CT molecular complexity index is 1020. The lowest BCUT2D eigenvalue weighted by atomic mass is 9.98. The van der Waals surface area contributed by atoms with Gasteiger partial charge < -0.3 is 4.90 Å². The fraction of sp³-hybridized carbons (Fsp3) is 0.174. The number of rotatable bonds is 3. The van der Waals surface area contributed by atoms with E-state index in [0.717, 1.165) is 29.6 Å². The summed E-state index contributed by atoms with van der Waals surface area (Å²) in [6, 6.07) is 22.5. The van der Waals surface area contributed by atoms with E-state index in [4.69, 9.17) is 11.6 Å². The zero-order chi connectivity index (χ0) is 17.9. The third kappa shape index (κ3) is 3.07. The summed E-state index contributed by atoms with van der Waals surface area (Å²) in [5.74, 6) is 0. The Labute approximate surface area is 158 Å². The molecule has 0 N–H and O–H groups in total. The van der Waals surface area contributed by atoms with Crippen LogP contribution < -0.4 is 4.90 Å². The smallest absolute Gasteiger partial charge is 0.0998 e. The molecule has 0 saturated carbocycles. The van der Waals surface area contributed by atoms with Crippen molar-refractivity contribution in [2.24, 2.45) is 0 Å². The van der Waals surface area contributed by atoms with Gasteiger partial charge in [-0.1, -0.05) is 60.1 Å². The molecule has 3 aromatic rings. The molecule has 2 nitrogen and oxygen atoms in total. The minimum atomic E-state index is 0.578. The highest BCUT2D eigenvalue weighted by Crippen LogP contribution is 2.34. The molecule has 1 fully saturated rings. The molecule has 0 bridgehead atoms. The van der Waals surface area contributed by atoms with Crippen molar-refractivity contribution in [2.45, 2.75) is 12.8 Å². The second-order valence-corrected chi connectivity index (χ2v) is 6.97. The van der Waals surface area contributed by atoms with Crippen LogP contribution in [0.3, 0.4) is 0 Å². The summed E-state index contributed by atoms with van der Waals surface area (Å²) >= 11 is 6.29. The number of hydrogen-bond acceptors (Lipinski definition) is 2. The molecule has 0 radical (unpaired) electrons. The molecule has 4 rings (SSSR count). The maximum Gasteiger partial charge on any atom is 0.0998 e. The number of allylic oxidation sites excluding steroid dienone is 1. The van der Waals surface area contributed by atoms with Crippen molar-refractivity contribution in [3.8, 4) is 6.07 Å². The lowest BCUT2D eigenvalue weighted by Gasteiger charge is -2.20. The maximum absolute atomic E-state index is 9.68. The van der Waals surface area contributed by atoms with Crippen molar-refractivity contribution < 1.29 is 0 Å². The fourth-order valence-corrected chi connectivity index (χ4v) is 3.91. The van der Waals surface area contributed by atoms with Gasteiger partial charge in [-0.25, -0.2) is 0 Å². The standard InChI is InChI=1S/C23H19ClN2/c24-22-10-4-3-8-20(22)18(16-25)15-17-11-12-23(26-13-5-6-14-26)21-9-2-1-7-19(17)21/h1-4,7-12,15H,5-6,13-14H2. The van der Waals surface area contributed by atoms with Crippen LogP contribution in [0.5, 0.6) is 0 Å². The summed E-state index contributed by atoms with van der Waals surface area (Å²) in [4.78, 5) is 2.45. The van der Waals surface area contributed by atoms with Crippen LogP contribution in [0.1, 0.15) is 24.0 Å². The van der Waals surface area contributed by atoms with Crippen LogP contribution in [0.25, 0.3) is 22.4 Å². The molecule has 0 unspecified atom stereocenters. The third-order valence-electron chi connectivity index (χ3n) is 4.97. The van der Waals surface area contributed by atoms with Crippen molar-refractivity contribution >= 4 is 39.7 Å². The first-order valence-electron chi connectivity index (χ1n) is 8.91. The summed E-state index contributed by atoms with van der Waals surface area (Å²) in [5, 5.41) is 12.7. The van der Waals surface area contributed by atoms with Gasteiger partial charge in [0.05, 0.1) is 11.6 Å². The Morgan fingerprint density at radius 2 is 1.62 bits per heavy atom. The van der Waals surface area contributed by atoms with Gasteiger partial charge >= 0.3 is 0 Å². The van der Waals surface area contributed by atoms with Crippen molar-refractivity contribution in [2.75, 3.05) is 18.0 Å². The Hall–Kier alpha value is -2.76. The molecular formula is C23H19ClN2. The number of benzene rings is 3. The summed E-state index contributed by atoms with van der Waals surface area (Å²) < 4.78 is 0. The molecule has 0 aromatic heterocycles. The Balaban J connectivity index is 1.86. The van der Waals surface area contributed by atoms with Crippen LogP contribution in [0.15, 0.2) is 60.7 Å². The van der Waals surface area contributed by atoms with Crippen LogP contribution in [0.2, 0.25) is 5.02 Å². The van der Waals surface area contributed by atoms with Crippen LogP contribution in [-0.4, -0.2) is 13.1 Å². The first kappa shape index (κ1) is 16.7. The van der Waals surface area contributed by atoms with Gasteiger partial charge in [0, 0.05) is 34.7 Å². The maximum atomic E-state index is 9.68. The van der Waals surface area contributed by atoms with E-state index in [0.29, 0.717) is 10.6 Å². The minimum absolute atomic E-state index is 0.578. The van der Waals surface area contributed by atoms with Gasteiger partial charge in [-0.05, 0) is 42.0 Å². The van der Waals surface area contributed by atoms with Crippen molar-refractivity contribution in [1.82, 2.24) is 0 Å². The molecule has 128 valence electrons. The minimum Gasteiger partial charge on any atom is -0.371 e. The number of nitrogens with zero attached hydrogens (tertiary/aromatic N) is 2. The lowest BCUT2D eigenvalue weighted by molar-refractivity contribution is 0.949. The highest BCUT2D eigenvalue weighted by molar-refractivity contribution is 6.32. The number of anilines is 1. The summed E-state index contributed by atoms with van der Waals surface area (Å²) in [6.45, 7) is 2.23. The van der Waals surface area contributed by atoms with E-state index >= 15 is 0 Å². The highest BCUT2D eigenvalue weighted by Gasteiger charge is 2.16. The first-order chi connectivity index (χ1) is 12.8. The second kappa shape index (κ2) is 7.23. The summed E-state index contributed by atoms with van der Waals surface area (Å²) in [7, 11) is 0. The molecule has 1 heterocycles. The van der Waals surface area contributed by atoms with E-state index in [1.54, 1.807) is 0 Å². The largest absolute Gasteiger partial charge is 0.371 e. The van der Waals surface area contributed by atoms with Gasteiger partial charge in [-0.2, -0.15) is 5.26 Å². The quantitative estimate of drug-likeness (QED) is 0.414. The molecule has 0 amide bonds. The van der Waals surface area contributed by atoms with Gasteiger partial charge in [-0.15, -0.1) is 0 Å². The number of hydrogen-bond donors (Lipinski definition) is 0. The molecule has 1 aliphatic heterocycles. The predicted molar refractivity (Wildman–Crippen MR) is 110 cm³/mol. The van der Waals surface area contributed by atoms with E-state index in [1.807, 2.05) is 30.3 Å². The normalized spacial score (nSPS) is 14.6. The van der Waals surface area contributed by atoms with E-state index in [-0.39, 0.29) is 0 Å². The molecule has 0 spiro atoms. The molecule has 3 aromatic carbocycles. The Morgan fingerprint density at radius 1 is 0.923 bits per heavy atom. The molecule has 3 heteroatoms. The van der Waals surface area contributed by atoms with Crippen LogP contribution in [-0.2, 0) is 0 Å². The molecule has 0 aliphatic carbocycles. The van der Waals surface area contributed by atoms with E-state index in [9.17, 15) is 5.26 Å². The average molecular weight is 359 g/mol. The SMILES string of the molecule is N#CC(=Cc1ccc(N2CCCC2)c2ccccc12)c1ccccc1Cl. The van der Waals surface area contributed by atoms with Crippen LogP contribution in [0.4, 0.5) is 5.69 Å². The lowest BCUT2D eigenvalue weighted by Crippen LogP contribution is -2.17. The Kier molecular flexibility index (Phi) is 4.65. The Morgan fingerprint density at radius 3 is 2.35 bits per heavy atom. The molecule has 1 saturated heterocycles. The predicted octanol–water partition coefficient (Wildman–Crippen LogP) is 6.16. The number of nitriles is 1. The van der Waals surface area contributed by atoms with Crippen LogP contribution >= 0.6 is 11.6 Å². The molecule has 1 aliphatic rings. The van der Waals surface area contributed by atoms with Gasteiger partial charge in [0.25, 0.3) is 0 Å². The third-order valence-corrected chi connectivity index (χ3v) is 5.30. The number of fused-ring (bicyclic) bond motifs is 1. The highest BCUT2D eigenvalue weighted by atomic mass is 35.5. The zero-order valence-electron chi connectivity index (χ0n) is 14.5. The number of halogens is 1. The van der Waals surface area contributed by atoms with Crippen molar-refractivity contribution in [1.29, 1.82) is 5.26 Å². The van der Waals surface area contributed by atoms with Gasteiger partial charge in [0.2, 0.25) is 0 Å². The first-order valence-corrected chi connectivity index (χ1v) is 9.29. The molecule has 0 atom stereocenters. The van der Waals surface area contributed by atoms with E-state index in [1.165, 1.54) is 23.9 Å². The van der Waals surface area contributed by atoms with Crippen molar-refractivity contribution in [3.63, 3.8) is 0 Å². The van der Waals surface area contributed by atoms with Crippen LogP contribution in [0, 0.1) is 11.3 Å². The second-order valence-electron chi connectivity index (χ2n) is 6.56. The van der Waals surface area contributed by atoms with Crippen molar-refractivity contribution in [3.05, 3.63) is 76.8 Å². The van der Waals surface area contributed by atoms with E-state index in [2.05, 4.69) is 47.4 Å². The van der Waals surface area contributed by atoms with Gasteiger partial charge in [0.1, 0.15) is 0 Å². The zero-order valence-corrected chi connectivity index (χ0v) is 15.2. The summed E-state index contributed by atoms with van der Waals surface area (Å²) in [5.41, 5.74) is 3.67. The van der Waals surface area contributed by atoms with Gasteiger partial charge in [0.15, 0.2) is 0 Å².